The Kier molecular flexibility index (Phi) is 6.70. The quantitative estimate of drug-likeness (QED) is 0.640. The van der Waals surface area contributed by atoms with Gasteiger partial charge in [0.1, 0.15) is 11.5 Å². The minimum atomic E-state index is -1.01. The van der Waals surface area contributed by atoms with Crippen LogP contribution in [0.2, 0.25) is 0 Å². The molecule has 0 spiro atoms. The molecule has 2 aromatic rings. The number of anilines is 1. The van der Waals surface area contributed by atoms with Gasteiger partial charge in [-0.15, -0.1) is 0 Å². The highest BCUT2D eigenvalue weighted by atomic mass is 19.1. The molecule has 0 atom stereocenters. The zero-order valence-corrected chi connectivity index (χ0v) is 19.1. The summed E-state index contributed by atoms with van der Waals surface area (Å²) in [6.07, 6.45) is 3.34. The number of amides is 2. The molecule has 33 heavy (non-hydrogen) atoms. The summed E-state index contributed by atoms with van der Waals surface area (Å²) in [7, 11) is 4.23. The van der Waals surface area contributed by atoms with E-state index in [0.717, 1.165) is 11.0 Å². The molecule has 0 radical (unpaired) electrons. The Hall–Kier alpha value is -3.89. The first kappa shape index (κ1) is 23.8. The predicted molar refractivity (Wildman–Crippen MR) is 120 cm³/mol. The Bertz CT molecular complexity index is 1140. The number of allylic oxidation sites excluding steroid dienone is 1. The standard InChI is InChI=1S/C22H26F2N6O3/c1-12-9-29(20-17(23)15(32-5)7-16(33-6)18(20)24)22(31)30(11-14-8-27-28(4)10-14)19(12)13(2)21(25)26-3/h7-8,10H,3,9,11,25H2,1-2,4-6H3/b21-13-. The molecule has 0 fully saturated rings. The molecule has 0 unspecified atom stereocenters. The Morgan fingerprint density at radius 1 is 1.27 bits per heavy atom. The normalized spacial score (nSPS) is 15.1. The van der Waals surface area contributed by atoms with Gasteiger partial charge in [0, 0.05) is 30.4 Å². The van der Waals surface area contributed by atoms with E-state index < -0.39 is 23.4 Å². The van der Waals surface area contributed by atoms with E-state index in [2.05, 4.69) is 16.8 Å². The number of aryl methyl sites for hydroxylation is 1. The SMILES string of the molecule is C=N/C(N)=C(/C)C1=C(C)CN(c2c(F)c(OC)cc(OC)c2F)C(=O)N1Cc1cnn(C)c1. The van der Waals surface area contributed by atoms with Crippen LogP contribution in [0.3, 0.4) is 0 Å². The van der Waals surface area contributed by atoms with Gasteiger partial charge in [-0.1, -0.05) is 0 Å². The molecular weight excluding hydrogens is 434 g/mol. The molecule has 1 aliphatic rings. The number of nitrogens with two attached hydrogens (primary N) is 1. The van der Waals surface area contributed by atoms with E-state index in [1.165, 1.54) is 19.1 Å². The van der Waals surface area contributed by atoms with Crippen molar-refractivity contribution in [3.63, 3.8) is 0 Å². The number of halogens is 2. The molecule has 2 N–H and O–H groups in total. The largest absolute Gasteiger partial charge is 0.493 e. The average Bonchev–Trinajstić information content (AvgIpc) is 3.20. The first-order valence-electron chi connectivity index (χ1n) is 9.94. The van der Waals surface area contributed by atoms with E-state index in [9.17, 15) is 4.79 Å². The summed E-state index contributed by atoms with van der Waals surface area (Å²) in [6, 6.07) is 0.428. The number of aliphatic imine (C=N–C) groups is 1. The zero-order chi connectivity index (χ0) is 24.4. The third-order valence-electron chi connectivity index (χ3n) is 5.36. The van der Waals surface area contributed by atoms with Crippen LogP contribution in [-0.4, -0.2) is 48.2 Å². The van der Waals surface area contributed by atoms with Gasteiger partial charge in [-0.2, -0.15) is 5.10 Å². The molecule has 1 aromatic heterocycles. The topological polar surface area (TPSA) is 98.2 Å². The van der Waals surface area contributed by atoms with Crippen LogP contribution in [0, 0.1) is 11.6 Å². The fraction of sp³-hybridized carbons (Fsp3) is 0.318. The number of nitrogens with zero attached hydrogens (tertiary/aromatic N) is 5. The first-order chi connectivity index (χ1) is 15.6. The third-order valence-corrected chi connectivity index (χ3v) is 5.36. The Morgan fingerprint density at radius 3 is 2.36 bits per heavy atom. The molecule has 0 aliphatic carbocycles. The molecule has 176 valence electrons. The van der Waals surface area contributed by atoms with Crippen LogP contribution < -0.4 is 20.1 Å². The van der Waals surface area contributed by atoms with Gasteiger partial charge in [0.25, 0.3) is 0 Å². The van der Waals surface area contributed by atoms with E-state index >= 15 is 8.78 Å². The number of hydrogen-bond acceptors (Lipinski definition) is 6. The van der Waals surface area contributed by atoms with Crippen LogP contribution in [0.1, 0.15) is 19.4 Å². The Morgan fingerprint density at radius 2 is 1.88 bits per heavy atom. The summed E-state index contributed by atoms with van der Waals surface area (Å²) >= 11 is 0. The highest BCUT2D eigenvalue weighted by Crippen LogP contribution is 2.40. The highest BCUT2D eigenvalue weighted by Gasteiger charge is 2.37. The molecule has 11 heteroatoms. The molecule has 0 saturated heterocycles. The van der Waals surface area contributed by atoms with Crippen molar-refractivity contribution in [3.05, 3.63) is 58.3 Å². The summed E-state index contributed by atoms with van der Waals surface area (Å²) in [5.41, 5.74) is 7.78. The number of carbonyl (C=O) groups excluding carboxylic acids is 1. The van der Waals surface area contributed by atoms with Crippen LogP contribution in [-0.2, 0) is 13.6 Å². The van der Waals surface area contributed by atoms with Crippen molar-refractivity contribution in [1.29, 1.82) is 0 Å². The zero-order valence-electron chi connectivity index (χ0n) is 19.1. The van der Waals surface area contributed by atoms with Gasteiger partial charge in [-0.25, -0.2) is 18.6 Å². The molecule has 3 rings (SSSR count). The van der Waals surface area contributed by atoms with Gasteiger partial charge in [0.05, 0.1) is 39.2 Å². The van der Waals surface area contributed by atoms with E-state index in [1.807, 2.05) is 0 Å². The summed E-state index contributed by atoms with van der Waals surface area (Å²) < 4.78 is 42.1. The van der Waals surface area contributed by atoms with Gasteiger partial charge < -0.3 is 15.2 Å². The second kappa shape index (κ2) is 9.31. The molecular formula is C22H26F2N6O3. The summed E-state index contributed by atoms with van der Waals surface area (Å²) in [5.74, 6) is -2.39. The van der Waals surface area contributed by atoms with Crippen molar-refractivity contribution in [2.75, 3.05) is 25.7 Å². The molecule has 2 amide bonds. The van der Waals surface area contributed by atoms with Gasteiger partial charge in [-0.3, -0.25) is 14.5 Å². The van der Waals surface area contributed by atoms with Crippen molar-refractivity contribution in [3.8, 4) is 11.5 Å². The van der Waals surface area contributed by atoms with E-state index in [0.29, 0.717) is 22.4 Å². The van der Waals surface area contributed by atoms with Crippen LogP contribution >= 0.6 is 0 Å². The second-order valence-electron chi connectivity index (χ2n) is 7.53. The van der Waals surface area contributed by atoms with Gasteiger partial charge in [0.15, 0.2) is 23.1 Å². The van der Waals surface area contributed by atoms with Crippen LogP contribution in [0.15, 0.2) is 46.1 Å². The molecule has 0 bridgehead atoms. The third kappa shape index (κ3) is 4.26. The Balaban J connectivity index is 2.21. The van der Waals surface area contributed by atoms with Gasteiger partial charge in [0.2, 0.25) is 0 Å². The highest BCUT2D eigenvalue weighted by molar-refractivity contribution is 5.96. The smallest absolute Gasteiger partial charge is 0.329 e. The van der Waals surface area contributed by atoms with Crippen molar-refractivity contribution < 1.29 is 23.0 Å². The number of methoxy groups -OCH3 is 2. The van der Waals surface area contributed by atoms with Crippen molar-refractivity contribution in [2.45, 2.75) is 20.4 Å². The maximum atomic E-state index is 15.2. The minimum absolute atomic E-state index is 0.0853. The number of benzene rings is 1. The molecule has 1 aliphatic heterocycles. The number of carbonyl (C=O) groups is 1. The average molecular weight is 460 g/mol. The summed E-state index contributed by atoms with van der Waals surface area (Å²) in [4.78, 5) is 19.8. The maximum absolute atomic E-state index is 15.2. The number of ether oxygens (including phenoxy) is 2. The van der Waals surface area contributed by atoms with Crippen LogP contribution in [0.25, 0.3) is 0 Å². The van der Waals surface area contributed by atoms with E-state index in [1.54, 1.807) is 38.0 Å². The summed E-state index contributed by atoms with van der Waals surface area (Å²) in [6.45, 7) is 6.89. The van der Waals surface area contributed by atoms with Crippen LogP contribution in [0.5, 0.6) is 11.5 Å². The minimum Gasteiger partial charge on any atom is -0.493 e. The van der Waals surface area contributed by atoms with Crippen molar-refractivity contribution in [1.82, 2.24) is 14.7 Å². The summed E-state index contributed by atoms with van der Waals surface area (Å²) in [5, 5.41) is 4.13. The number of aromatic nitrogens is 2. The fourth-order valence-electron chi connectivity index (χ4n) is 3.78. The lowest BCUT2D eigenvalue weighted by atomic mass is 10.0. The lowest BCUT2D eigenvalue weighted by Gasteiger charge is -2.39. The lowest BCUT2D eigenvalue weighted by molar-refractivity contribution is 0.212. The number of urea groups is 1. The molecule has 9 nitrogen and oxygen atoms in total. The van der Waals surface area contributed by atoms with Crippen molar-refractivity contribution >= 4 is 18.4 Å². The molecule has 2 heterocycles. The van der Waals surface area contributed by atoms with Gasteiger partial charge >= 0.3 is 6.03 Å². The first-order valence-corrected chi connectivity index (χ1v) is 9.94. The number of hydrogen-bond donors (Lipinski definition) is 1. The van der Waals surface area contributed by atoms with Crippen LogP contribution in [0.4, 0.5) is 19.3 Å². The Labute approximate surface area is 190 Å². The monoisotopic (exact) mass is 460 g/mol. The van der Waals surface area contributed by atoms with E-state index in [4.69, 9.17) is 15.2 Å². The fourth-order valence-corrected chi connectivity index (χ4v) is 3.78. The number of rotatable bonds is 7. The maximum Gasteiger partial charge on any atom is 0.329 e. The van der Waals surface area contributed by atoms with Crippen molar-refractivity contribution in [2.24, 2.45) is 17.8 Å². The molecule has 0 saturated carbocycles. The van der Waals surface area contributed by atoms with Gasteiger partial charge in [-0.05, 0) is 26.1 Å². The lowest BCUT2D eigenvalue weighted by Crippen LogP contribution is -2.49. The second-order valence-corrected chi connectivity index (χ2v) is 7.53. The van der Waals surface area contributed by atoms with E-state index in [-0.39, 0.29) is 30.4 Å². The molecule has 1 aromatic carbocycles. The predicted octanol–water partition coefficient (Wildman–Crippen LogP) is 3.32.